The molecule has 0 aromatic heterocycles. The molecular formula is C52H97NO3. The fourth-order valence-corrected chi connectivity index (χ4v) is 7.44. The number of aliphatic hydroxyl groups excluding tert-OH is 2. The summed E-state index contributed by atoms with van der Waals surface area (Å²) in [5.41, 5.74) is 0. The quantitative estimate of drug-likeness (QED) is 0.0425. The number of rotatable bonds is 45. The minimum absolute atomic E-state index is 0.0817. The lowest BCUT2D eigenvalue weighted by Crippen LogP contribution is -2.45. The molecule has 0 aromatic carbocycles. The maximum absolute atomic E-state index is 12.4. The van der Waals surface area contributed by atoms with E-state index in [4.69, 9.17) is 0 Å². The number of unbranched alkanes of at least 4 members (excludes halogenated alkanes) is 32. The summed E-state index contributed by atoms with van der Waals surface area (Å²) in [7, 11) is 0. The van der Waals surface area contributed by atoms with Gasteiger partial charge in [-0.2, -0.15) is 0 Å². The van der Waals surface area contributed by atoms with Crippen molar-refractivity contribution in [2.45, 2.75) is 270 Å². The highest BCUT2D eigenvalue weighted by atomic mass is 16.3. The summed E-state index contributed by atoms with van der Waals surface area (Å²) >= 11 is 0. The first-order chi connectivity index (χ1) is 27.7. The van der Waals surface area contributed by atoms with Gasteiger partial charge in [0.25, 0.3) is 0 Å². The minimum atomic E-state index is -0.873. The van der Waals surface area contributed by atoms with E-state index in [-0.39, 0.29) is 12.5 Å². The predicted molar refractivity (Wildman–Crippen MR) is 248 cm³/mol. The zero-order valence-corrected chi connectivity index (χ0v) is 37.7. The molecule has 328 valence electrons. The zero-order valence-electron chi connectivity index (χ0n) is 37.7. The minimum Gasteiger partial charge on any atom is -0.394 e. The largest absolute Gasteiger partial charge is 0.394 e. The van der Waals surface area contributed by atoms with E-state index < -0.39 is 12.1 Å². The summed E-state index contributed by atoms with van der Waals surface area (Å²) in [6, 6.07) is -0.648. The van der Waals surface area contributed by atoms with E-state index in [1.165, 1.54) is 199 Å². The number of aliphatic hydroxyl groups is 2. The van der Waals surface area contributed by atoms with Crippen LogP contribution in [0.2, 0.25) is 0 Å². The molecule has 3 N–H and O–H groups in total. The first kappa shape index (κ1) is 54.3. The molecule has 0 radical (unpaired) electrons. The van der Waals surface area contributed by atoms with Crippen LogP contribution in [-0.2, 0) is 4.79 Å². The number of carbonyl (C=O) groups excluding carboxylic acids is 1. The Labute approximate surface area is 350 Å². The van der Waals surface area contributed by atoms with E-state index in [9.17, 15) is 15.0 Å². The van der Waals surface area contributed by atoms with Crippen LogP contribution in [0.25, 0.3) is 0 Å². The van der Waals surface area contributed by atoms with Crippen LogP contribution in [0.3, 0.4) is 0 Å². The SMILES string of the molecule is CCCCCCCCC/C=C\CCCCCCCCCC(=O)NC(CO)C(O)/C=C/CC/C=C/CC/C=C/CCCCCCCCCCCCCCCCCC. The molecule has 0 spiro atoms. The number of allylic oxidation sites excluding steroid dienone is 7. The molecule has 2 unspecified atom stereocenters. The Hall–Kier alpha value is -1.65. The van der Waals surface area contributed by atoms with Crippen LogP contribution in [0.4, 0.5) is 0 Å². The average Bonchev–Trinajstić information content (AvgIpc) is 3.20. The van der Waals surface area contributed by atoms with Gasteiger partial charge in [-0.15, -0.1) is 0 Å². The number of hydrogen-bond acceptors (Lipinski definition) is 3. The molecule has 0 aliphatic rings. The van der Waals surface area contributed by atoms with Crippen LogP contribution >= 0.6 is 0 Å². The first-order valence-electron chi connectivity index (χ1n) is 24.9. The molecule has 2 atom stereocenters. The van der Waals surface area contributed by atoms with Crippen LogP contribution in [-0.4, -0.2) is 34.9 Å². The Bertz CT molecular complexity index is 893. The Kier molecular flexibility index (Phi) is 46.3. The van der Waals surface area contributed by atoms with E-state index in [0.717, 1.165) is 38.5 Å². The first-order valence-corrected chi connectivity index (χ1v) is 24.9. The molecule has 4 nitrogen and oxygen atoms in total. The molecule has 1 amide bonds. The summed E-state index contributed by atoms with van der Waals surface area (Å²) in [5.74, 6) is -0.0817. The molecule has 0 aliphatic carbocycles. The molecule has 56 heavy (non-hydrogen) atoms. The van der Waals surface area contributed by atoms with Crippen LogP contribution in [0.1, 0.15) is 258 Å². The predicted octanol–water partition coefficient (Wildman–Crippen LogP) is 15.9. The molecule has 0 saturated heterocycles. The fraction of sp³-hybridized carbons (Fsp3) is 0.827. The van der Waals surface area contributed by atoms with Gasteiger partial charge in [-0.25, -0.2) is 0 Å². The summed E-state index contributed by atoms with van der Waals surface area (Å²) < 4.78 is 0. The number of amides is 1. The maximum Gasteiger partial charge on any atom is 0.220 e. The normalized spacial score (nSPS) is 13.3. The number of carbonyl (C=O) groups is 1. The van der Waals surface area contributed by atoms with E-state index >= 15 is 0 Å². The topological polar surface area (TPSA) is 69.6 Å². The molecule has 0 heterocycles. The van der Waals surface area contributed by atoms with Crippen molar-refractivity contribution in [2.24, 2.45) is 0 Å². The summed E-state index contributed by atoms with van der Waals surface area (Å²) in [6.45, 7) is 4.30. The van der Waals surface area contributed by atoms with Crippen molar-refractivity contribution >= 4 is 5.91 Å². The molecule has 0 aliphatic heterocycles. The fourth-order valence-electron chi connectivity index (χ4n) is 7.44. The van der Waals surface area contributed by atoms with Crippen molar-refractivity contribution in [1.29, 1.82) is 0 Å². The summed E-state index contributed by atoms with van der Waals surface area (Å²) in [6.07, 6.45) is 65.3. The standard InChI is InChI=1S/C52H97NO3/c1-3-5-7-9-11-13-15-17-19-21-23-24-25-26-27-28-29-30-31-33-35-37-39-41-43-45-47-51(55)50(49-54)53-52(56)48-46-44-42-40-38-36-34-32-22-20-18-16-14-12-10-8-6-4-2/h20,22,30-31,37,39,45,47,50-51,54-55H,3-19,21,23-29,32-36,38,40-44,46,48-49H2,1-2H3,(H,53,56)/b22-20-,31-30+,39-37+,47-45+. The van der Waals surface area contributed by atoms with Gasteiger partial charge in [-0.1, -0.05) is 229 Å². The molecule has 0 aromatic rings. The van der Waals surface area contributed by atoms with Gasteiger partial charge < -0.3 is 15.5 Å². The maximum atomic E-state index is 12.4. The molecule has 0 fully saturated rings. The van der Waals surface area contributed by atoms with Gasteiger partial charge in [0.05, 0.1) is 18.8 Å². The van der Waals surface area contributed by atoms with Gasteiger partial charge in [0.15, 0.2) is 0 Å². The number of nitrogens with one attached hydrogen (secondary N) is 1. The van der Waals surface area contributed by atoms with Gasteiger partial charge in [0, 0.05) is 6.42 Å². The van der Waals surface area contributed by atoms with Gasteiger partial charge in [0.2, 0.25) is 5.91 Å². The second-order valence-corrected chi connectivity index (χ2v) is 16.9. The van der Waals surface area contributed by atoms with Crippen LogP contribution in [0.5, 0.6) is 0 Å². The Morgan fingerprint density at radius 2 is 0.696 bits per heavy atom. The smallest absolute Gasteiger partial charge is 0.220 e. The van der Waals surface area contributed by atoms with Gasteiger partial charge in [-0.3, -0.25) is 4.79 Å². The van der Waals surface area contributed by atoms with Gasteiger partial charge in [0.1, 0.15) is 0 Å². The average molecular weight is 784 g/mol. The third kappa shape index (κ3) is 43.5. The summed E-state index contributed by atoms with van der Waals surface area (Å²) in [5, 5.41) is 23.0. The summed E-state index contributed by atoms with van der Waals surface area (Å²) in [4.78, 5) is 12.4. The lowest BCUT2D eigenvalue weighted by molar-refractivity contribution is -0.123. The highest BCUT2D eigenvalue weighted by molar-refractivity contribution is 5.76. The molecular weight excluding hydrogens is 687 g/mol. The lowest BCUT2D eigenvalue weighted by Gasteiger charge is -2.19. The van der Waals surface area contributed by atoms with Crippen molar-refractivity contribution < 1.29 is 15.0 Å². The Balaban J connectivity index is 3.60. The third-order valence-corrected chi connectivity index (χ3v) is 11.3. The van der Waals surface area contributed by atoms with Crippen molar-refractivity contribution in [3.8, 4) is 0 Å². The molecule has 0 bridgehead atoms. The highest BCUT2D eigenvalue weighted by Gasteiger charge is 2.17. The van der Waals surface area contributed by atoms with E-state index in [1.807, 2.05) is 6.08 Å². The second kappa shape index (κ2) is 47.7. The Morgan fingerprint density at radius 3 is 1.04 bits per heavy atom. The van der Waals surface area contributed by atoms with Crippen LogP contribution in [0.15, 0.2) is 48.6 Å². The van der Waals surface area contributed by atoms with E-state index in [2.05, 4.69) is 55.6 Å². The lowest BCUT2D eigenvalue weighted by atomic mass is 10.0. The van der Waals surface area contributed by atoms with Gasteiger partial charge >= 0.3 is 0 Å². The monoisotopic (exact) mass is 784 g/mol. The molecule has 0 saturated carbocycles. The molecule has 4 heteroatoms. The van der Waals surface area contributed by atoms with E-state index in [1.54, 1.807) is 6.08 Å². The van der Waals surface area contributed by atoms with Gasteiger partial charge in [-0.05, 0) is 70.6 Å². The molecule has 0 rings (SSSR count). The van der Waals surface area contributed by atoms with Crippen LogP contribution in [0, 0.1) is 0 Å². The van der Waals surface area contributed by atoms with Crippen molar-refractivity contribution in [3.63, 3.8) is 0 Å². The van der Waals surface area contributed by atoms with Crippen molar-refractivity contribution in [3.05, 3.63) is 48.6 Å². The second-order valence-electron chi connectivity index (χ2n) is 16.9. The zero-order chi connectivity index (χ0) is 40.7. The van der Waals surface area contributed by atoms with E-state index in [0.29, 0.717) is 6.42 Å². The Morgan fingerprint density at radius 1 is 0.411 bits per heavy atom. The van der Waals surface area contributed by atoms with Crippen molar-refractivity contribution in [2.75, 3.05) is 6.61 Å². The van der Waals surface area contributed by atoms with Crippen molar-refractivity contribution in [1.82, 2.24) is 5.32 Å². The third-order valence-electron chi connectivity index (χ3n) is 11.3. The highest BCUT2D eigenvalue weighted by Crippen LogP contribution is 2.15. The van der Waals surface area contributed by atoms with Crippen LogP contribution < -0.4 is 5.32 Å². The number of hydrogen-bond donors (Lipinski definition) is 3.